The number of methoxy groups -OCH3 is 1. The van der Waals surface area contributed by atoms with Gasteiger partial charge in [0, 0.05) is 5.56 Å². The minimum Gasteiger partial charge on any atom is -0.489 e. The van der Waals surface area contributed by atoms with Crippen molar-refractivity contribution in [2.45, 2.75) is 13.5 Å². The predicted octanol–water partition coefficient (Wildman–Crippen LogP) is 2.95. The third-order valence-electron chi connectivity index (χ3n) is 3.38. The fraction of sp³-hybridized carbons (Fsp3) is 0.167. The second-order valence-electron chi connectivity index (χ2n) is 5.05. The average Bonchev–Trinajstić information content (AvgIpc) is 2.59. The van der Waals surface area contributed by atoms with E-state index in [9.17, 15) is 14.4 Å². The molecule has 0 aliphatic rings. The molecular formula is C18H16O6. The molecule has 2 rings (SSSR count). The van der Waals surface area contributed by atoms with Crippen LogP contribution in [0.5, 0.6) is 5.75 Å². The van der Waals surface area contributed by atoms with Crippen molar-refractivity contribution in [3.8, 4) is 5.75 Å². The van der Waals surface area contributed by atoms with Crippen molar-refractivity contribution in [3.63, 3.8) is 0 Å². The molecule has 0 fully saturated rings. The first-order valence-electron chi connectivity index (χ1n) is 7.10. The highest BCUT2D eigenvalue weighted by molar-refractivity contribution is 6.05. The quantitative estimate of drug-likeness (QED) is 0.648. The lowest BCUT2D eigenvalue weighted by molar-refractivity contribution is 0.0596. The number of rotatable bonds is 6. The van der Waals surface area contributed by atoms with Crippen molar-refractivity contribution in [1.82, 2.24) is 0 Å². The highest BCUT2D eigenvalue weighted by Crippen LogP contribution is 2.20. The Labute approximate surface area is 138 Å². The summed E-state index contributed by atoms with van der Waals surface area (Å²) in [6, 6.07) is 10.8. The van der Waals surface area contributed by atoms with Crippen LogP contribution in [-0.2, 0) is 11.3 Å². The Kier molecular flexibility index (Phi) is 5.31. The number of carbonyl (C=O) groups excluding carboxylic acids is 2. The molecule has 0 aromatic heterocycles. The van der Waals surface area contributed by atoms with Gasteiger partial charge in [0.1, 0.15) is 12.4 Å². The lowest BCUT2D eigenvalue weighted by Crippen LogP contribution is -2.09. The molecule has 2 aromatic rings. The smallest absolute Gasteiger partial charge is 0.338 e. The summed E-state index contributed by atoms with van der Waals surface area (Å²) >= 11 is 0. The summed E-state index contributed by atoms with van der Waals surface area (Å²) in [7, 11) is 1.24. The molecule has 0 aliphatic heterocycles. The number of hydrogen-bond acceptors (Lipinski definition) is 5. The molecule has 1 N–H and O–H groups in total. The van der Waals surface area contributed by atoms with Crippen molar-refractivity contribution in [2.24, 2.45) is 0 Å². The number of aromatic carboxylic acids is 1. The van der Waals surface area contributed by atoms with Crippen LogP contribution in [0.2, 0.25) is 0 Å². The van der Waals surface area contributed by atoms with Crippen LogP contribution in [0.1, 0.15) is 43.6 Å². The maximum Gasteiger partial charge on any atom is 0.338 e. The predicted molar refractivity (Wildman–Crippen MR) is 85.5 cm³/mol. The van der Waals surface area contributed by atoms with E-state index in [0.717, 1.165) is 5.56 Å². The van der Waals surface area contributed by atoms with Crippen LogP contribution in [0.4, 0.5) is 0 Å². The van der Waals surface area contributed by atoms with Gasteiger partial charge in [-0.1, -0.05) is 12.1 Å². The van der Waals surface area contributed by atoms with Crippen molar-refractivity contribution in [1.29, 1.82) is 0 Å². The van der Waals surface area contributed by atoms with E-state index in [1.807, 2.05) is 0 Å². The summed E-state index contributed by atoms with van der Waals surface area (Å²) in [5.41, 5.74) is 1.37. The zero-order valence-corrected chi connectivity index (χ0v) is 13.2. The molecule has 124 valence electrons. The molecule has 6 nitrogen and oxygen atoms in total. The lowest BCUT2D eigenvalue weighted by atomic mass is 10.0. The van der Waals surface area contributed by atoms with Crippen molar-refractivity contribution >= 4 is 17.7 Å². The lowest BCUT2D eigenvalue weighted by Gasteiger charge is -2.10. The molecular weight excluding hydrogens is 312 g/mol. The fourth-order valence-electron chi connectivity index (χ4n) is 2.11. The molecule has 0 bridgehead atoms. The molecule has 0 amide bonds. The Morgan fingerprint density at radius 1 is 1.00 bits per heavy atom. The maximum atomic E-state index is 11.8. The van der Waals surface area contributed by atoms with Gasteiger partial charge < -0.3 is 14.6 Å². The number of carboxylic acids is 1. The number of ether oxygens (including phenoxy) is 2. The Hall–Kier alpha value is -3.15. The van der Waals surface area contributed by atoms with E-state index >= 15 is 0 Å². The molecule has 0 saturated heterocycles. The first-order valence-corrected chi connectivity index (χ1v) is 7.10. The number of carboxylic acid groups (broad SMARTS) is 1. The van der Waals surface area contributed by atoms with Gasteiger partial charge in [-0.3, -0.25) is 4.79 Å². The summed E-state index contributed by atoms with van der Waals surface area (Å²) in [6.45, 7) is 1.56. The first-order chi connectivity index (χ1) is 11.4. The van der Waals surface area contributed by atoms with Gasteiger partial charge in [-0.25, -0.2) is 9.59 Å². The molecule has 0 saturated carbocycles. The molecule has 0 radical (unpaired) electrons. The van der Waals surface area contributed by atoms with Gasteiger partial charge >= 0.3 is 11.9 Å². The van der Waals surface area contributed by atoms with Gasteiger partial charge in [-0.05, 0) is 42.8 Å². The van der Waals surface area contributed by atoms with Crippen LogP contribution >= 0.6 is 0 Å². The average molecular weight is 328 g/mol. The Balaban J connectivity index is 2.16. The second-order valence-corrected chi connectivity index (χ2v) is 5.05. The Bertz CT molecular complexity index is 777. The summed E-state index contributed by atoms with van der Waals surface area (Å²) in [5, 5.41) is 8.86. The summed E-state index contributed by atoms with van der Waals surface area (Å²) in [5.74, 6) is -1.45. The van der Waals surface area contributed by atoms with Crippen LogP contribution in [0.3, 0.4) is 0 Å². The SMILES string of the molecule is COC(=O)c1cc(OCc2ccc(C(=O)O)cc2)ccc1C(C)=O. The van der Waals surface area contributed by atoms with Gasteiger partial charge in [0.25, 0.3) is 0 Å². The fourth-order valence-corrected chi connectivity index (χ4v) is 2.11. The minimum absolute atomic E-state index is 0.142. The van der Waals surface area contributed by atoms with Gasteiger partial charge in [-0.15, -0.1) is 0 Å². The van der Waals surface area contributed by atoms with E-state index in [-0.39, 0.29) is 29.1 Å². The first kappa shape index (κ1) is 17.2. The maximum absolute atomic E-state index is 11.8. The molecule has 0 unspecified atom stereocenters. The molecule has 0 heterocycles. The molecule has 2 aromatic carbocycles. The van der Waals surface area contributed by atoms with Crippen LogP contribution in [0.15, 0.2) is 42.5 Å². The number of esters is 1. The van der Waals surface area contributed by atoms with Gasteiger partial charge in [-0.2, -0.15) is 0 Å². The molecule has 0 atom stereocenters. The monoisotopic (exact) mass is 328 g/mol. The number of benzene rings is 2. The number of ketones is 1. The topological polar surface area (TPSA) is 89.9 Å². The summed E-state index contributed by atoms with van der Waals surface area (Å²) < 4.78 is 10.3. The van der Waals surface area contributed by atoms with E-state index in [4.69, 9.17) is 9.84 Å². The van der Waals surface area contributed by atoms with Crippen LogP contribution < -0.4 is 4.74 Å². The number of hydrogen-bond donors (Lipinski definition) is 1. The van der Waals surface area contributed by atoms with E-state index < -0.39 is 11.9 Å². The Morgan fingerprint density at radius 2 is 1.67 bits per heavy atom. The van der Waals surface area contributed by atoms with Crippen LogP contribution in [0, 0.1) is 0 Å². The minimum atomic E-state index is -0.995. The molecule has 6 heteroatoms. The van der Waals surface area contributed by atoms with Crippen molar-refractivity contribution in [3.05, 3.63) is 64.7 Å². The van der Waals surface area contributed by atoms with E-state index in [0.29, 0.717) is 5.75 Å². The molecule has 0 aliphatic carbocycles. The Morgan fingerprint density at radius 3 is 2.21 bits per heavy atom. The van der Waals surface area contributed by atoms with E-state index in [2.05, 4.69) is 4.74 Å². The van der Waals surface area contributed by atoms with Gasteiger partial charge in [0.2, 0.25) is 0 Å². The number of carbonyl (C=O) groups is 3. The van der Waals surface area contributed by atoms with Gasteiger partial charge in [0.15, 0.2) is 5.78 Å². The summed E-state index contributed by atoms with van der Waals surface area (Å²) in [4.78, 5) is 34.2. The van der Waals surface area contributed by atoms with E-state index in [1.165, 1.54) is 38.3 Å². The highest BCUT2D eigenvalue weighted by Gasteiger charge is 2.16. The second kappa shape index (κ2) is 7.41. The van der Waals surface area contributed by atoms with Gasteiger partial charge in [0.05, 0.1) is 18.2 Å². The third kappa shape index (κ3) is 3.98. The largest absolute Gasteiger partial charge is 0.489 e. The number of Topliss-reactive ketones (excluding diaryl/α,β-unsaturated/α-hetero) is 1. The molecule has 0 spiro atoms. The van der Waals surface area contributed by atoms with Crippen molar-refractivity contribution < 1.29 is 29.0 Å². The zero-order valence-electron chi connectivity index (χ0n) is 13.2. The third-order valence-corrected chi connectivity index (χ3v) is 3.38. The van der Waals surface area contributed by atoms with Crippen LogP contribution in [-0.4, -0.2) is 29.9 Å². The van der Waals surface area contributed by atoms with Crippen LogP contribution in [0.25, 0.3) is 0 Å². The van der Waals surface area contributed by atoms with Crippen molar-refractivity contribution in [2.75, 3.05) is 7.11 Å². The standard InChI is InChI=1S/C18H16O6/c1-11(19)15-8-7-14(9-16(15)18(22)23-2)24-10-12-3-5-13(6-4-12)17(20)21/h3-9H,10H2,1-2H3,(H,20,21). The zero-order chi connectivity index (χ0) is 17.7. The molecule has 24 heavy (non-hydrogen) atoms. The highest BCUT2D eigenvalue weighted by atomic mass is 16.5. The normalized spacial score (nSPS) is 10.1. The van der Waals surface area contributed by atoms with E-state index in [1.54, 1.807) is 18.2 Å². The summed E-state index contributed by atoms with van der Waals surface area (Å²) in [6.07, 6.45) is 0.